The van der Waals surface area contributed by atoms with Crippen LogP contribution in [0.1, 0.15) is 5.56 Å². The Labute approximate surface area is 106 Å². The van der Waals surface area contributed by atoms with Gasteiger partial charge in [0.15, 0.2) is 0 Å². The molecule has 1 aliphatic heterocycles. The second-order valence-corrected chi connectivity index (χ2v) is 4.47. The topological polar surface area (TPSA) is 61.4 Å². The summed E-state index contributed by atoms with van der Waals surface area (Å²) in [5.41, 5.74) is 2.01. The van der Waals surface area contributed by atoms with E-state index >= 15 is 0 Å². The highest BCUT2D eigenvalue weighted by atomic mass is 16.2. The van der Waals surface area contributed by atoms with Gasteiger partial charge in [-0.15, -0.1) is 0 Å². The fraction of sp³-hybridized carbons (Fsp3) is 0.385. The number of likely N-dealkylation sites (N-methyl/N-ethyl adjacent to an activating group) is 1. The van der Waals surface area contributed by atoms with Crippen LogP contribution in [0, 0.1) is 6.92 Å². The van der Waals surface area contributed by atoms with Crippen molar-refractivity contribution in [1.82, 2.24) is 10.6 Å². The predicted octanol–water partition coefficient (Wildman–Crippen LogP) is 0.0458. The van der Waals surface area contributed by atoms with Crippen LogP contribution in [0.25, 0.3) is 0 Å². The minimum atomic E-state index is -0.353. The molecule has 0 spiro atoms. The third-order valence-corrected chi connectivity index (χ3v) is 3.06. The molecule has 0 aliphatic carbocycles. The van der Waals surface area contributed by atoms with Crippen molar-refractivity contribution in [2.24, 2.45) is 0 Å². The molecular weight excluding hydrogens is 230 g/mol. The number of aryl methyl sites for hydroxylation is 1. The average molecular weight is 247 g/mol. The summed E-state index contributed by atoms with van der Waals surface area (Å²) < 4.78 is 0. The van der Waals surface area contributed by atoms with E-state index in [2.05, 4.69) is 10.6 Å². The van der Waals surface area contributed by atoms with Crippen LogP contribution in [-0.4, -0.2) is 38.0 Å². The van der Waals surface area contributed by atoms with E-state index in [4.69, 9.17) is 0 Å². The van der Waals surface area contributed by atoms with Gasteiger partial charge in [-0.1, -0.05) is 17.7 Å². The minimum Gasteiger partial charge on any atom is -0.353 e. The van der Waals surface area contributed by atoms with Crippen molar-refractivity contribution in [3.05, 3.63) is 29.8 Å². The maximum Gasteiger partial charge on any atom is 0.245 e. The summed E-state index contributed by atoms with van der Waals surface area (Å²) in [5, 5.41) is 5.61. The maximum atomic E-state index is 12.2. The number of benzene rings is 1. The molecule has 1 atom stereocenters. The number of piperazine rings is 1. The van der Waals surface area contributed by atoms with E-state index in [1.165, 1.54) is 0 Å². The van der Waals surface area contributed by atoms with Crippen LogP contribution in [0.3, 0.4) is 0 Å². The van der Waals surface area contributed by atoms with Gasteiger partial charge in [0, 0.05) is 19.3 Å². The van der Waals surface area contributed by atoms with E-state index in [1.807, 2.05) is 31.2 Å². The minimum absolute atomic E-state index is 0.0427. The number of anilines is 1. The van der Waals surface area contributed by atoms with Crippen molar-refractivity contribution in [2.45, 2.75) is 13.0 Å². The van der Waals surface area contributed by atoms with Crippen molar-refractivity contribution in [3.63, 3.8) is 0 Å². The van der Waals surface area contributed by atoms with Gasteiger partial charge in [0.2, 0.25) is 11.8 Å². The Morgan fingerprint density at radius 2 is 2.00 bits per heavy atom. The van der Waals surface area contributed by atoms with E-state index in [0.29, 0.717) is 6.54 Å². The highest BCUT2D eigenvalue weighted by molar-refractivity contribution is 5.98. The fourth-order valence-electron chi connectivity index (χ4n) is 1.87. The molecule has 2 N–H and O–H groups in total. The Hall–Kier alpha value is -1.88. The Balaban J connectivity index is 2.04. The van der Waals surface area contributed by atoms with Crippen LogP contribution in [-0.2, 0) is 9.59 Å². The van der Waals surface area contributed by atoms with E-state index in [0.717, 1.165) is 11.3 Å². The second kappa shape index (κ2) is 5.18. The molecule has 0 bridgehead atoms. The molecule has 1 saturated heterocycles. The Kier molecular flexibility index (Phi) is 3.62. The normalized spacial score (nSPS) is 19.2. The summed E-state index contributed by atoms with van der Waals surface area (Å²) in [6.07, 6.45) is 0. The zero-order chi connectivity index (χ0) is 13.1. The lowest BCUT2D eigenvalue weighted by Crippen LogP contribution is -2.58. The first-order valence-electron chi connectivity index (χ1n) is 5.92. The molecule has 0 radical (unpaired) electrons. The standard InChI is InChI=1S/C13H17N3O2/c1-9-3-5-10(6-4-9)16(2)13(18)11-7-15-12(17)8-14-11/h3-6,11,14H,7-8H2,1-2H3,(H,15,17). The molecule has 18 heavy (non-hydrogen) atoms. The SMILES string of the molecule is Cc1ccc(N(C)C(=O)C2CNC(=O)CN2)cc1. The molecule has 5 heteroatoms. The molecule has 96 valence electrons. The lowest BCUT2D eigenvalue weighted by atomic mass is 10.1. The van der Waals surface area contributed by atoms with Crippen LogP contribution in [0.15, 0.2) is 24.3 Å². The molecule has 1 aromatic rings. The molecule has 1 unspecified atom stereocenters. The van der Waals surface area contributed by atoms with Crippen LogP contribution >= 0.6 is 0 Å². The summed E-state index contributed by atoms with van der Waals surface area (Å²) in [6, 6.07) is 7.40. The molecule has 1 heterocycles. The number of rotatable bonds is 2. The van der Waals surface area contributed by atoms with E-state index < -0.39 is 0 Å². The highest BCUT2D eigenvalue weighted by Crippen LogP contribution is 2.14. The average Bonchev–Trinajstić information content (AvgIpc) is 2.39. The maximum absolute atomic E-state index is 12.2. The smallest absolute Gasteiger partial charge is 0.245 e. The van der Waals surface area contributed by atoms with Gasteiger partial charge >= 0.3 is 0 Å². The zero-order valence-electron chi connectivity index (χ0n) is 10.6. The third kappa shape index (κ3) is 2.68. The lowest BCUT2D eigenvalue weighted by Gasteiger charge is -2.27. The van der Waals surface area contributed by atoms with Crippen LogP contribution < -0.4 is 15.5 Å². The fourth-order valence-corrected chi connectivity index (χ4v) is 1.87. The number of carbonyl (C=O) groups excluding carboxylic acids is 2. The van der Waals surface area contributed by atoms with Gasteiger partial charge in [-0.25, -0.2) is 0 Å². The monoisotopic (exact) mass is 247 g/mol. The van der Waals surface area contributed by atoms with Gasteiger partial charge in [-0.3, -0.25) is 14.9 Å². The van der Waals surface area contributed by atoms with E-state index in [-0.39, 0.29) is 24.4 Å². The number of nitrogens with zero attached hydrogens (tertiary/aromatic N) is 1. The Morgan fingerprint density at radius 1 is 1.33 bits per heavy atom. The zero-order valence-corrected chi connectivity index (χ0v) is 10.6. The predicted molar refractivity (Wildman–Crippen MR) is 69.4 cm³/mol. The quantitative estimate of drug-likeness (QED) is 0.776. The summed E-state index contributed by atoms with van der Waals surface area (Å²) in [4.78, 5) is 24.8. The van der Waals surface area contributed by atoms with E-state index in [9.17, 15) is 9.59 Å². The summed E-state index contributed by atoms with van der Waals surface area (Å²) in [5.74, 6) is -0.115. The van der Waals surface area contributed by atoms with Crippen molar-refractivity contribution < 1.29 is 9.59 Å². The molecular formula is C13H17N3O2. The highest BCUT2D eigenvalue weighted by Gasteiger charge is 2.26. The molecule has 2 amide bonds. The van der Waals surface area contributed by atoms with Gasteiger partial charge < -0.3 is 10.2 Å². The second-order valence-electron chi connectivity index (χ2n) is 4.47. The van der Waals surface area contributed by atoms with Gasteiger partial charge in [0.05, 0.1) is 6.54 Å². The van der Waals surface area contributed by atoms with Gasteiger partial charge in [0.1, 0.15) is 6.04 Å². The molecule has 1 aliphatic rings. The molecule has 0 aromatic heterocycles. The van der Waals surface area contributed by atoms with Crippen LogP contribution in [0.2, 0.25) is 0 Å². The molecule has 5 nitrogen and oxygen atoms in total. The number of hydrogen-bond donors (Lipinski definition) is 2. The van der Waals surface area contributed by atoms with Crippen molar-refractivity contribution >= 4 is 17.5 Å². The van der Waals surface area contributed by atoms with Gasteiger partial charge in [-0.2, -0.15) is 0 Å². The summed E-state index contributed by atoms with van der Waals surface area (Å²) in [7, 11) is 1.74. The van der Waals surface area contributed by atoms with Gasteiger partial charge in [0.25, 0.3) is 0 Å². The summed E-state index contributed by atoms with van der Waals surface area (Å²) in [6.45, 7) is 2.54. The van der Waals surface area contributed by atoms with Crippen molar-refractivity contribution in [2.75, 3.05) is 25.0 Å². The Morgan fingerprint density at radius 3 is 2.56 bits per heavy atom. The molecule has 0 saturated carbocycles. The number of amides is 2. The first kappa shape index (κ1) is 12.6. The lowest BCUT2D eigenvalue weighted by molar-refractivity contribution is -0.125. The van der Waals surface area contributed by atoms with Crippen molar-refractivity contribution in [1.29, 1.82) is 0 Å². The first-order valence-corrected chi connectivity index (χ1v) is 5.92. The molecule has 1 aromatic carbocycles. The number of hydrogen-bond acceptors (Lipinski definition) is 3. The molecule has 1 fully saturated rings. The Bertz CT molecular complexity index is 446. The van der Waals surface area contributed by atoms with Crippen LogP contribution in [0.5, 0.6) is 0 Å². The number of carbonyl (C=O) groups is 2. The number of nitrogens with one attached hydrogen (secondary N) is 2. The first-order chi connectivity index (χ1) is 8.58. The van der Waals surface area contributed by atoms with Crippen LogP contribution in [0.4, 0.5) is 5.69 Å². The summed E-state index contributed by atoms with van der Waals surface area (Å²) >= 11 is 0. The van der Waals surface area contributed by atoms with E-state index in [1.54, 1.807) is 11.9 Å². The molecule has 2 rings (SSSR count). The third-order valence-electron chi connectivity index (χ3n) is 3.06. The largest absolute Gasteiger partial charge is 0.353 e. The van der Waals surface area contributed by atoms with Crippen molar-refractivity contribution in [3.8, 4) is 0 Å². The van der Waals surface area contributed by atoms with Gasteiger partial charge in [-0.05, 0) is 19.1 Å².